The average Bonchev–Trinajstić information content (AvgIpc) is 2.56. The van der Waals surface area contributed by atoms with E-state index in [-0.39, 0.29) is 5.41 Å². The Morgan fingerprint density at radius 3 is 2.82 bits per heavy atom. The van der Waals surface area contributed by atoms with Gasteiger partial charge in [0.05, 0.1) is 6.54 Å². The van der Waals surface area contributed by atoms with Crippen LogP contribution >= 0.6 is 0 Å². The van der Waals surface area contributed by atoms with E-state index < -0.39 is 0 Å². The molecule has 0 bridgehead atoms. The minimum atomic E-state index is -0.0639. The number of hydrogen-bond donors (Lipinski definition) is 1. The highest BCUT2D eigenvalue weighted by atomic mass is 16.5. The number of nitrogens with zero attached hydrogens (tertiary/aromatic N) is 3. The van der Waals surface area contributed by atoms with E-state index >= 15 is 0 Å². The quantitative estimate of drug-likeness (QED) is 0.838. The lowest BCUT2D eigenvalue weighted by Gasteiger charge is -2.16. The molecule has 1 aliphatic rings. The molecule has 1 fully saturated rings. The third-order valence-electron chi connectivity index (χ3n) is 2.91. The molecule has 2 rings (SSSR count). The van der Waals surface area contributed by atoms with Crippen molar-refractivity contribution in [1.29, 1.82) is 0 Å². The van der Waals surface area contributed by atoms with E-state index in [1.807, 2.05) is 0 Å². The molecule has 0 amide bonds. The predicted molar refractivity (Wildman–Crippen MR) is 65.8 cm³/mol. The largest absolute Gasteiger partial charge is 0.339 e. The summed E-state index contributed by atoms with van der Waals surface area (Å²) in [5, 5.41) is 7.45. The van der Waals surface area contributed by atoms with Crippen molar-refractivity contribution in [1.82, 2.24) is 20.4 Å². The summed E-state index contributed by atoms with van der Waals surface area (Å²) in [7, 11) is 0. The molecule has 0 atom stereocenters. The zero-order valence-electron chi connectivity index (χ0n) is 11.0. The van der Waals surface area contributed by atoms with Crippen LogP contribution in [-0.2, 0) is 12.0 Å². The van der Waals surface area contributed by atoms with Gasteiger partial charge in [0.1, 0.15) is 0 Å². The maximum atomic E-state index is 5.30. The Morgan fingerprint density at radius 1 is 1.29 bits per heavy atom. The molecule has 0 unspecified atom stereocenters. The van der Waals surface area contributed by atoms with Crippen molar-refractivity contribution in [2.75, 3.05) is 26.2 Å². The van der Waals surface area contributed by atoms with Gasteiger partial charge < -0.3 is 9.84 Å². The molecule has 96 valence electrons. The van der Waals surface area contributed by atoms with Crippen LogP contribution in [0.1, 0.15) is 38.9 Å². The molecule has 2 heterocycles. The van der Waals surface area contributed by atoms with E-state index in [9.17, 15) is 0 Å². The third kappa shape index (κ3) is 3.51. The molecule has 1 saturated heterocycles. The molecule has 0 aromatic carbocycles. The van der Waals surface area contributed by atoms with Gasteiger partial charge in [-0.1, -0.05) is 25.9 Å². The van der Waals surface area contributed by atoms with Gasteiger partial charge in [0, 0.05) is 18.5 Å². The van der Waals surface area contributed by atoms with Crippen LogP contribution in [0.5, 0.6) is 0 Å². The zero-order chi connectivity index (χ0) is 12.3. The second-order valence-electron chi connectivity index (χ2n) is 5.65. The Kier molecular flexibility index (Phi) is 3.79. The Bertz CT molecular complexity index is 348. The predicted octanol–water partition coefficient (Wildman–Crippen LogP) is 1.16. The summed E-state index contributed by atoms with van der Waals surface area (Å²) in [6.45, 7) is 11.4. The first-order valence-electron chi connectivity index (χ1n) is 6.32. The summed E-state index contributed by atoms with van der Waals surface area (Å²) >= 11 is 0. The minimum absolute atomic E-state index is 0.0639. The summed E-state index contributed by atoms with van der Waals surface area (Å²) in [6, 6.07) is 0. The summed E-state index contributed by atoms with van der Waals surface area (Å²) in [5.41, 5.74) is -0.0639. The fourth-order valence-electron chi connectivity index (χ4n) is 1.88. The number of nitrogens with one attached hydrogen (secondary N) is 1. The highest BCUT2D eigenvalue weighted by molar-refractivity contribution is 4.98. The van der Waals surface area contributed by atoms with Gasteiger partial charge in [-0.05, 0) is 19.5 Å². The van der Waals surface area contributed by atoms with E-state index in [2.05, 4.69) is 41.1 Å². The molecule has 0 radical (unpaired) electrons. The van der Waals surface area contributed by atoms with Crippen LogP contribution in [0, 0.1) is 0 Å². The lowest BCUT2D eigenvalue weighted by atomic mass is 9.97. The van der Waals surface area contributed by atoms with E-state index in [0.29, 0.717) is 0 Å². The molecular weight excluding hydrogens is 216 g/mol. The molecule has 1 aromatic rings. The van der Waals surface area contributed by atoms with Gasteiger partial charge in [-0.3, -0.25) is 4.90 Å². The topological polar surface area (TPSA) is 54.2 Å². The fraction of sp³-hybridized carbons (Fsp3) is 0.833. The lowest BCUT2D eigenvalue weighted by Crippen LogP contribution is -2.28. The lowest BCUT2D eigenvalue weighted by molar-refractivity contribution is 0.268. The second kappa shape index (κ2) is 5.14. The second-order valence-corrected chi connectivity index (χ2v) is 5.65. The molecular formula is C12H22N4O. The monoisotopic (exact) mass is 238 g/mol. The summed E-state index contributed by atoms with van der Waals surface area (Å²) < 4.78 is 5.30. The maximum Gasteiger partial charge on any atom is 0.232 e. The standard InChI is InChI=1S/C12H22N4O/c1-12(2,3)11-14-10(15-17-11)9-16-7-4-5-13-6-8-16/h13H,4-9H2,1-3H3. The van der Waals surface area contributed by atoms with Gasteiger partial charge in [0.25, 0.3) is 0 Å². The highest BCUT2D eigenvalue weighted by Gasteiger charge is 2.22. The molecule has 0 saturated carbocycles. The van der Waals surface area contributed by atoms with Crippen LogP contribution < -0.4 is 5.32 Å². The number of rotatable bonds is 2. The van der Waals surface area contributed by atoms with Crippen LogP contribution in [0.25, 0.3) is 0 Å². The van der Waals surface area contributed by atoms with E-state index in [1.54, 1.807) is 0 Å². The van der Waals surface area contributed by atoms with Crippen molar-refractivity contribution in [2.24, 2.45) is 0 Å². The first kappa shape index (κ1) is 12.5. The molecule has 5 heteroatoms. The Morgan fingerprint density at radius 2 is 2.12 bits per heavy atom. The minimum Gasteiger partial charge on any atom is -0.339 e. The van der Waals surface area contributed by atoms with Gasteiger partial charge in [-0.15, -0.1) is 0 Å². The van der Waals surface area contributed by atoms with Gasteiger partial charge in [-0.25, -0.2) is 0 Å². The van der Waals surface area contributed by atoms with Gasteiger partial charge in [0.2, 0.25) is 5.89 Å². The van der Waals surface area contributed by atoms with Crippen molar-refractivity contribution in [3.63, 3.8) is 0 Å². The fourth-order valence-corrected chi connectivity index (χ4v) is 1.88. The molecule has 1 aliphatic heterocycles. The Labute approximate surface area is 103 Å². The molecule has 17 heavy (non-hydrogen) atoms. The van der Waals surface area contributed by atoms with Gasteiger partial charge >= 0.3 is 0 Å². The Hall–Kier alpha value is -0.940. The van der Waals surface area contributed by atoms with E-state index in [4.69, 9.17) is 4.52 Å². The van der Waals surface area contributed by atoms with Crippen molar-refractivity contribution in [3.05, 3.63) is 11.7 Å². The van der Waals surface area contributed by atoms with Crippen LogP contribution in [0.15, 0.2) is 4.52 Å². The van der Waals surface area contributed by atoms with Crippen LogP contribution in [0.3, 0.4) is 0 Å². The summed E-state index contributed by atoms with van der Waals surface area (Å²) in [4.78, 5) is 6.84. The number of hydrogen-bond acceptors (Lipinski definition) is 5. The first-order chi connectivity index (χ1) is 8.05. The zero-order valence-corrected chi connectivity index (χ0v) is 11.0. The number of aromatic nitrogens is 2. The molecule has 0 spiro atoms. The van der Waals surface area contributed by atoms with Crippen LogP contribution in [0.4, 0.5) is 0 Å². The molecule has 1 aromatic heterocycles. The van der Waals surface area contributed by atoms with Crippen LogP contribution in [-0.4, -0.2) is 41.2 Å². The molecule has 0 aliphatic carbocycles. The molecule has 1 N–H and O–H groups in total. The van der Waals surface area contributed by atoms with Crippen LogP contribution in [0.2, 0.25) is 0 Å². The maximum absolute atomic E-state index is 5.30. The summed E-state index contributed by atoms with van der Waals surface area (Å²) in [6.07, 6.45) is 1.18. The van der Waals surface area contributed by atoms with Crippen molar-refractivity contribution >= 4 is 0 Å². The Balaban J connectivity index is 1.96. The van der Waals surface area contributed by atoms with Crippen molar-refractivity contribution in [3.8, 4) is 0 Å². The van der Waals surface area contributed by atoms with E-state index in [1.165, 1.54) is 6.42 Å². The summed E-state index contributed by atoms with van der Waals surface area (Å²) in [5.74, 6) is 1.53. The highest BCUT2D eigenvalue weighted by Crippen LogP contribution is 2.19. The van der Waals surface area contributed by atoms with E-state index in [0.717, 1.165) is 44.4 Å². The molecule has 5 nitrogen and oxygen atoms in total. The SMILES string of the molecule is CC(C)(C)c1nc(CN2CCCNCC2)no1. The smallest absolute Gasteiger partial charge is 0.232 e. The normalized spacial score (nSPS) is 19.2. The van der Waals surface area contributed by atoms with Gasteiger partial charge in [-0.2, -0.15) is 4.98 Å². The van der Waals surface area contributed by atoms with Crippen molar-refractivity contribution < 1.29 is 4.52 Å². The average molecular weight is 238 g/mol. The van der Waals surface area contributed by atoms with Crippen molar-refractivity contribution in [2.45, 2.75) is 39.2 Å². The van der Waals surface area contributed by atoms with Gasteiger partial charge in [0.15, 0.2) is 5.82 Å². The third-order valence-corrected chi connectivity index (χ3v) is 2.91. The first-order valence-corrected chi connectivity index (χ1v) is 6.32.